The number of fused-ring (bicyclic) bond motifs is 1. The molecule has 1 saturated heterocycles. The van der Waals surface area contributed by atoms with Crippen LogP contribution in [0.4, 0.5) is 0 Å². The number of benzene rings is 1. The SMILES string of the molecule is Bc1cccc2c1C(=O)N(C1CCC(=O)NC1=O)C2=O. The van der Waals surface area contributed by atoms with Crippen LogP contribution in [0.25, 0.3) is 0 Å². The number of nitrogens with one attached hydrogen (secondary N) is 1. The van der Waals surface area contributed by atoms with Gasteiger partial charge in [0.2, 0.25) is 11.8 Å². The van der Waals surface area contributed by atoms with Gasteiger partial charge in [-0.15, -0.1) is 0 Å². The largest absolute Gasteiger partial charge is 0.295 e. The Bertz CT molecular complexity index is 670. The van der Waals surface area contributed by atoms with Crippen molar-refractivity contribution >= 4 is 36.9 Å². The molecule has 2 heterocycles. The predicted molar refractivity (Wildman–Crippen MR) is 71.3 cm³/mol. The maximum absolute atomic E-state index is 12.4. The Morgan fingerprint density at radius 3 is 2.55 bits per heavy atom. The second-order valence-corrected chi connectivity index (χ2v) is 4.94. The molecule has 1 fully saturated rings. The van der Waals surface area contributed by atoms with E-state index in [-0.39, 0.29) is 18.7 Å². The Hall–Kier alpha value is -2.44. The lowest BCUT2D eigenvalue weighted by Crippen LogP contribution is -2.54. The Balaban J connectivity index is 2.00. The van der Waals surface area contributed by atoms with Crippen molar-refractivity contribution in [3.05, 3.63) is 29.3 Å². The van der Waals surface area contributed by atoms with E-state index in [2.05, 4.69) is 5.32 Å². The average molecular weight is 270 g/mol. The first-order valence-electron chi connectivity index (χ1n) is 6.32. The Labute approximate surface area is 115 Å². The van der Waals surface area contributed by atoms with Crippen LogP contribution in [-0.2, 0) is 9.59 Å². The van der Waals surface area contributed by atoms with Gasteiger partial charge in [-0.2, -0.15) is 0 Å². The quantitative estimate of drug-likeness (QED) is 0.489. The number of nitrogens with zero attached hydrogens (tertiary/aromatic N) is 1. The van der Waals surface area contributed by atoms with Crippen molar-refractivity contribution in [1.29, 1.82) is 0 Å². The molecule has 100 valence electrons. The fourth-order valence-electron chi connectivity index (χ4n) is 2.68. The molecule has 1 N–H and O–H groups in total. The minimum absolute atomic E-state index is 0.128. The molecule has 0 aliphatic carbocycles. The number of rotatable bonds is 1. The van der Waals surface area contributed by atoms with Gasteiger partial charge in [0.25, 0.3) is 11.8 Å². The van der Waals surface area contributed by atoms with Crippen LogP contribution in [0.1, 0.15) is 33.6 Å². The average Bonchev–Trinajstić information content (AvgIpc) is 2.64. The predicted octanol–water partition coefficient (Wildman–Crippen LogP) is -1.65. The molecule has 2 aliphatic rings. The first-order chi connectivity index (χ1) is 9.50. The first-order valence-corrected chi connectivity index (χ1v) is 6.32. The number of piperidine rings is 1. The van der Waals surface area contributed by atoms with Crippen LogP contribution in [0.15, 0.2) is 18.2 Å². The summed E-state index contributed by atoms with van der Waals surface area (Å²) in [6.45, 7) is 0. The number of hydrogen-bond donors (Lipinski definition) is 1. The van der Waals surface area contributed by atoms with E-state index in [4.69, 9.17) is 0 Å². The zero-order valence-electron chi connectivity index (χ0n) is 10.8. The van der Waals surface area contributed by atoms with Crippen LogP contribution in [0.5, 0.6) is 0 Å². The second kappa shape index (κ2) is 4.30. The molecule has 0 saturated carbocycles. The van der Waals surface area contributed by atoms with Gasteiger partial charge in [0.15, 0.2) is 0 Å². The molecule has 0 radical (unpaired) electrons. The Morgan fingerprint density at radius 1 is 1.15 bits per heavy atom. The molecule has 0 spiro atoms. The van der Waals surface area contributed by atoms with E-state index in [0.717, 1.165) is 4.90 Å². The molecule has 1 aromatic carbocycles. The second-order valence-electron chi connectivity index (χ2n) is 4.94. The Kier molecular flexibility index (Phi) is 2.70. The fourth-order valence-corrected chi connectivity index (χ4v) is 2.68. The molecule has 1 aromatic rings. The summed E-state index contributed by atoms with van der Waals surface area (Å²) in [5, 5.41) is 2.16. The van der Waals surface area contributed by atoms with Crippen molar-refractivity contribution in [3.63, 3.8) is 0 Å². The van der Waals surface area contributed by atoms with Gasteiger partial charge in [0.1, 0.15) is 13.9 Å². The van der Waals surface area contributed by atoms with Gasteiger partial charge < -0.3 is 0 Å². The molecular formula is C13H11BN2O4. The van der Waals surface area contributed by atoms with Crippen LogP contribution >= 0.6 is 0 Å². The lowest BCUT2D eigenvalue weighted by atomic mass is 9.88. The van der Waals surface area contributed by atoms with Gasteiger partial charge >= 0.3 is 0 Å². The summed E-state index contributed by atoms with van der Waals surface area (Å²) in [5.74, 6) is -1.90. The van der Waals surface area contributed by atoms with Crippen molar-refractivity contribution in [1.82, 2.24) is 10.2 Å². The van der Waals surface area contributed by atoms with Crippen LogP contribution in [0.2, 0.25) is 0 Å². The summed E-state index contributed by atoms with van der Waals surface area (Å²) in [6, 6.07) is 4.12. The number of imide groups is 2. The molecule has 0 aromatic heterocycles. The zero-order valence-corrected chi connectivity index (χ0v) is 10.8. The highest BCUT2D eigenvalue weighted by Gasteiger charge is 2.44. The molecule has 7 heteroatoms. The molecule has 6 nitrogen and oxygen atoms in total. The number of carbonyl (C=O) groups excluding carboxylic acids is 4. The van der Waals surface area contributed by atoms with Crippen LogP contribution < -0.4 is 10.8 Å². The third-order valence-corrected chi connectivity index (χ3v) is 3.68. The normalized spacial score (nSPS) is 22.0. The van der Waals surface area contributed by atoms with Gasteiger partial charge in [0.05, 0.1) is 5.56 Å². The van der Waals surface area contributed by atoms with Crippen molar-refractivity contribution in [3.8, 4) is 0 Å². The molecule has 2 aliphatic heterocycles. The monoisotopic (exact) mass is 270 g/mol. The minimum Gasteiger partial charge on any atom is -0.295 e. The highest BCUT2D eigenvalue weighted by Crippen LogP contribution is 2.25. The van der Waals surface area contributed by atoms with E-state index in [1.165, 1.54) is 0 Å². The van der Waals surface area contributed by atoms with E-state index < -0.39 is 23.8 Å². The minimum atomic E-state index is -0.903. The number of hydrogen-bond acceptors (Lipinski definition) is 4. The van der Waals surface area contributed by atoms with Crippen LogP contribution in [0.3, 0.4) is 0 Å². The Morgan fingerprint density at radius 2 is 1.90 bits per heavy atom. The lowest BCUT2D eigenvalue weighted by Gasteiger charge is -2.27. The highest BCUT2D eigenvalue weighted by atomic mass is 16.2. The maximum Gasteiger partial charge on any atom is 0.262 e. The summed E-state index contributed by atoms with van der Waals surface area (Å²) in [7, 11) is 1.75. The molecule has 4 amide bonds. The van der Waals surface area contributed by atoms with Crippen molar-refractivity contribution in [2.75, 3.05) is 0 Å². The smallest absolute Gasteiger partial charge is 0.262 e. The molecule has 20 heavy (non-hydrogen) atoms. The summed E-state index contributed by atoms with van der Waals surface area (Å²) in [6.07, 6.45) is 0.304. The molecular weight excluding hydrogens is 259 g/mol. The molecule has 0 bridgehead atoms. The summed E-state index contributed by atoms with van der Waals surface area (Å²) < 4.78 is 0. The third kappa shape index (κ3) is 1.66. The number of carbonyl (C=O) groups is 4. The van der Waals surface area contributed by atoms with E-state index in [9.17, 15) is 19.2 Å². The number of amides is 4. The topological polar surface area (TPSA) is 83.6 Å². The molecule has 1 unspecified atom stereocenters. The highest BCUT2D eigenvalue weighted by molar-refractivity contribution is 6.40. The third-order valence-electron chi connectivity index (χ3n) is 3.68. The van der Waals surface area contributed by atoms with Crippen LogP contribution in [-0.4, -0.2) is 42.4 Å². The molecule has 3 rings (SSSR count). The van der Waals surface area contributed by atoms with Crippen molar-refractivity contribution < 1.29 is 19.2 Å². The van der Waals surface area contributed by atoms with E-state index >= 15 is 0 Å². The molecule has 1 atom stereocenters. The first kappa shape index (κ1) is 12.6. The van der Waals surface area contributed by atoms with Gasteiger partial charge in [-0.05, 0) is 12.5 Å². The van der Waals surface area contributed by atoms with Gasteiger partial charge in [-0.25, -0.2) is 0 Å². The summed E-state index contributed by atoms with van der Waals surface area (Å²) >= 11 is 0. The lowest BCUT2D eigenvalue weighted by molar-refractivity contribution is -0.136. The van der Waals surface area contributed by atoms with Crippen molar-refractivity contribution in [2.45, 2.75) is 18.9 Å². The standard InChI is InChI=1S/C13H11BN2O4/c14-7-3-1-2-6-10(7)13(20)16(12(6)19)8-4-5-9(17)15-11(8)18/h1-3,8H,4-5,14H2,(H,15,17,18). The van der Waals surface area contributed by atoms with Crippen molar-refractivity contribution in [2.24, 2.45) is 0 Å². The zero-order chi connectivity index (χ0) is 14.4. The van der Waals surface area contributed by atoms with E-state index in [1.54, 1.807) is 26.0 Å². The van der Waals surface area contributed by atoms with E-state index in [1.807, 2.05) is 0 Å². The maximum atomic E-state index is 12.4. The van der Waals surface area contributed by atoms with Gasteiger partial charge in [0, 0.05) is 12.0 Å². The van der Waals surface area contributed by atoms with Gasteiger partial charge in [-0.1, -0.05) is 17.6 Å². The van der Waals surface area contributed by atoms with Crippen LogP contribution in [0, 0.1) is 0 Å². The summed E-state index contributed by atoms with van der Waals surface area (Å²) in [4.78, 5) is 48.7. The fraction of sp³-hybridized carbons (Fsp3) is 0.231. The van der Waals surface area contributed by atoms with E-state index in [0.29, 0.717) is 16.6 Å². The van der Waals surface area contributed by atoms with Gasteiger partial charge in [-0.3, -0.25) is 29.4 Å². The summed E-state index contributed by atoms with van der Waals surface area (Å²) in [5.41, 5.74) is 1.37.